The normalized spacial score (nSPS) is 14.2. The van der Waals surface area contributed by atoms with Crippen LogP contribution >= 0.6 is 0 Å². The predicted octanol–water partition coefficient (Wildman–Crippen LogP) is 3.61. The van der Waals surface area contributed by atoms with Crippen molar-refractivity contribution in [2.45, 2.75) is 63.2 Å². The first kappa shape index (κ1) is 35.9. The van der Waals surface area contributed by atoms with Crippen LogP contribution in [0.15, 0.2) is 53.5 Å². The maximum atomic E-state index is 13.3. The second-order valence-electron chi connectivity index (χ2n) is 12.0. The number of rotatable bonds is 18. The number of sulfonamides is 3. The van der Waals surface area contributed by atoms with Crippen LogP contribution in [0.4, 0.5) is 0 Å². The Morgan fingerprint density at radius 2 is 1.05 bits per heavy atom. The maximum Gasteiger partial charge on any atom is 0.243 e. The molecule has 0 saturated carbocycles. The van der Waals surface area contributed by atoms with Crippen molar-refractivity contribution in [1.82, 2.24) is 13.7 Å². The van der Waals surface area contributed by atoms with Gasteiger partial charge in [0.25, 0.3) is 0 Å². The molecule has 0 aromatic heterocycles. The highest BCUT2D eigenvalue weighted by atomic mass is 32.2. The van der Waals surface area contributed by atoms with E-state index in [1.807, 2.05) is 6.92 Å². The summed E-state index contributed by atoms with van der Waals surface area (Å²) in [7, 11) is -13.6. The van der Waals surface area contributed by atoms with Crippen LogP contribution in [0, 0.1) is 6.92 Å². The molecule has 9 nitrogen and oxygen atoms in total. The zero-order valence-corrected chi connectivity index (χ0v) is 28.8. The third-order valence-electron chi connectivity index (χ3n) is 5.69. The van der Waals surface area contributed by atoms with E-state index in [1.54, 1.807) is 48.6 Å². The zero-order chi connectivity index (χ0) is 30.0. The van der Waals surface area contributed by atoms with Gasteiger partial charge in [-0.05, 0) is 31.1 Å². The van der Waals surface area contributed by atoms with E-state index in [-0.39, 0.29) is 42.6 Å². The minimum atomic E-state index is -3.84. The summed E-state index contributed by atoms with van der Waals surface area (Å²) in [6.07, 6.45) is 6.42. The minimum Gasteiger partial charge on any atom is -0.212 e. The van der Waals surface area contributed by atoms with E-state index >= 15 is 0 Å². The van der Waals surface area contributed by atoms with Crippen LogP contribution in [0.2, 0.25) is 51.4 Å². The van der Waals surface area contributed by atoms with E-state index in [9.17, 15) is 25.3 Å². The molecule has 1 aromatic rings. The van der Waals surface area contributed by atoms with Crippen LogP contribution in [0.5, 0.6) is 0 Å². The van der Waals surface area contributed by atoms with Crippen LogP contribution in [-0.4, -0.2) is 83.4 Å². The maximum absolute atomic E-state index is 13.3. The number of benzene rings is 1. The van der Waals surface area contributed by atoms with Crippen molar-refractivity contribution in [2.75, 3.05) is 37.7 Å². The molecule has 0 bridgehead atoms. The highest BCUT2D eigenvalue weighted by Crippen LogP contribution is 2.16. The van der Waals surface area contributed by atoms with Crippen LogP contribution in [0.1, 0.15) is 5.56 Å². The molecule has 0 aliphatic carbocycles. The van der Waals surface area contributed by atoms with Gasteiger partial charge in [0, 0.05) is 42.3 Å². The largest absolute Gasteiger partial charge is 0.243 e. The Kier molecular flexibility index (Phi) is 14.0. The Balaban J connectivity index is 2.84. The van der Waals surface area contributed by atoms with Gasteiger partial charge in [-0.15, -0.1) is 0 Å². The van der Waals surface area contributed by atoms with Crippen molar-refractivity contribution in [3.05, 3.63) is 54.1 Å². The topological polar surface area (TPSA) is 130 Å². The summed E-state index contributed by atoms with van der Waals surface area (Å²) in [6.45, 7) is 14.8. The Bertz CT molecular complexity index is 1220. The van der Waals surface area contributed by atoms with Crippen molar-refractivity contribution >= 4 is 46.2 Å². The van der Waals surface area contributed by atoms with Gasteiger partial charge in [0.2, 0.25) is 30.1 Å². The minimum absolute atomic E-state index is 0.0269. The summed E-state index contributed by atoms with van der Waals surface area (Å²) < 4.78 is 81.8. The van der Waals surface area contributed by atoms with Crippen molar-refractivity contribution < 1.29 is 25.3 Å². The van der Waals surface area contributed by atoms with E-state index in [1.165, 1.54) is 4.31 Å². The molecule has 0 unspecified atom stereocenters. The second kappa shape index (κ2) is 15.2. The van der Waals surface area contributed by atoms with Gasteiger partial charge < -0.3 is 0 Å². The van der Waals surface area contributed by atoms with Crippen molar-refractivity contribution in [3.63, 3.8) is 0 Å². The standard InChI is InChI=1S/C25H47N3O6S3Si2/c1-24-12-14-25(15-13-24)37(33,34)28(18-10-8-16-26-35(29,30)20-22-38(2,3)4)19-11-9-17-27-36(31,32)21-23-39(5,6)7/h8-15,26-27H,16-23H2,1-7H3/b10-8+,11-9+. The quantitative estimate of drug-likeness (QED) is 0.187. The van der Waals surface area contributed by atoms with Crippen LogP contribution in [0.3, 0.4) is 0 Å². The summed E-state index contributed by atoms with van der Waals surface area (Å²) in [5.74, 6) is 0.161. The molecule has 0 radical (unpaired) electrons. The second-order valence-corrected chi connectivity index (χ2v) is 29.1. The highest BCUT2D eigenvalue weighted by molar-refractivity contribution is 7.90. The van der Waals surface area contributed by atoms with Crippen LogP contribution < -0.4 is 9.44 Å². The Labute approximate surface area is 239 Å². The summed E-state index contributed by atoms with van der Waals surface area (Å²) in [5.41, 5.74) is 0.933. The fraction of sp³-hybridized carbons (Fsp3) is 0.600. The summed E-state index contributed by atoms with van der Waals surface area (Å²) in [5, 5.41) is 0. The van der Waals surface area contributed by atoms with Crippen molar-refractivity contribution in [3.8, 4) is 0 Å². The molecule has 2 N–H and O–H groups in total. The van der Waals surface area contributed by atoms with E-state index in [0.29, 0.717) is 12.1 Å². The van der Waals surface area contributed by atoms with E-state index in [0.717, 1.165) is 5.56 Å². The summed E-state index contributed by atoms with van der Waals surface area (Å²) >= 11 is 0. The average Bonchev–Trinajstić information content (AvgIpc) is 2.79. The Morgan fingerprint density at radius 1 is 0.667 bits per heavy atom. The molecule has 0 spiro atoms. The Hall–Kier alpha value is -1.14. The first-order chi connectivity index (χ1) is 17.7. The van der Waals surface area contributed by atoms with Gasteiger partial charge in [-0.3, -0.25) is 0 Å². The molecule has 0 saturated heterocycles. The van der Waals surface area contributed by atoms with Gasteiger partial charge in [-0.2, -0.15) is 4.31 Å². The van der Waals surface area contributed by atoms with Gasteiger partial charge >= 0.3 is 0 Å². The lowest BCUT2D eigenvalue weighted by Crippen LogP contribution is -2.33. The summed E-state index contributed by atoms with van der Waals surface area (Å²) in [4.78, 5) is 0.147. The molecule has 0 atom stereocenters. The van der Waals surface area contributed by atoms with Crippen molar-refractivity contribution in [2.24, 2.45) is 0 Å². The number of hydrogen-bond acceptors (Lipinski definition) is 6. The molecule has 224 valence electrons. The third kappa shape index (κ3) is 16.0. The first-order valence-electron chi connectivity index (χ1n) is 13.0. The predicted molar refractivity (Wildman–Crippen MR) is 168 cm³/mol. The molecule has 0 heterocycles. The van der Waals surface area contributed by atoms with E-state index < -0.39 is 46.2 Å². The Morgan fingerprint density at radius 3 is 1.41 bits per heavy atom. The number of nitrogens with zero attached hydrogens (tertiary/aromatic N) is 1. The molecule has 1 rings (SSSR count). The molecule has 0 aliphatic heterocycles. The molecule has 14 heteroatoms. The lowest BCUT2D eigenvalue weighted by atomic mass is 10.2. The van der Waals surface area contributed by atoms with Crippen molar-refractivity contribution in [1.29, 1.82) is 0 Å². The first-order valence-corrected chi connectivity index (χ1v) is 25.2. The van der Waals surface area contributed by atoms with Gasteiger partial charge in [-0.1, -0.05) is 81.3 Å². The zero-order valence-electron chi connectivity index (χ0n) is 24.4. The van der Waals surface area contributed by atoms with Crippen LogP contribution in [0.25, 0.3) is 0 Å². The summed E-state index contributed by atoms with van der Waals surface area (Å²) in [6, 6.07) is 7.86. The SMILES string of the molecule is Cc1ccc(S(=O)(=O)N(C/C=C/CNS(=O)(=O)CC[Si](C)(C)C)C/C=C/CNS(=O)(=O)CC[Si](C)(C)C)cc1. The van der Waals surface area contributed by atoms with E-state index in [2.05, 4.69) is 48.7 Å². The fourth-order valence-electron chi connectivity index (χ4n) is 3.06. The number of nitrogens with one attached hydrogen (secondary N) is 2. The van der Waals surface area contributed by atoms with E-state index in [4.69, 9.17) is 0 Å². The molecule has 0 amide bonds. The molecule has 1 aromatic carbocycles. The smallest absolute Gasteiger partial charge is 0.212 e. The van der Waals surface area contributed by atoms with Crippen LogP contribution in [-0.2, 0) is 30.1 Å². The van der Waals surface area contributed by atoms with Gasteiger partial charge in [0.05, 0.1) is 16.4 Å². The molecule has 0 aliphatic rings. The fourth-order valence-corrected chi connectivity index (χ4v) is 12.4. The average molecular weight is 638 g/mol. The van der Waals surface area contributed by atoms with Gasteiger partial charge in [0.15, 0.2) is 0 Å². The molecule has 39 heavy (non-hydrogen) atoms. The monoisotopic (exact) mass is 637 g/mol. The van der Waals surface area contributed by atoms with Gasteiger partial charge in [0.1, 0.15) is 0 Å². The van der Waals surface area contributed by atoms with Gasteiger partial charge in [-0.25, -0.2) is 34.7 Å². The molecule has 0 fully saturated rings. The lowest BCUT2D eigenvalue weighted by molar-refractivity contribution is 0.473. The number of aryl methyl sites for hydroxylation is 1. The molecular formula is C25H47N3O6S3Si2. The highest BCUT2D eigenvalue weighted by Gasteiger charge is 2.23. The lowest BCUT2D eigenvalue weighted by Gasteiger charge is -2.19. The third-order valence-corrected chi connectivity index (χ3v) is 14.5. The molecular weight excluding hydrogens is 591 g/mol. The number of hydrogen-bond donors (Lipinski definition) is 2.